The first kappa shape index (κ1) is 27.8. The molecule has 0 atom stereocenters. The highest BCUT2D eigenvalue weighted by atomic mass is 79.9. The highest BCUT2D eigenvalue weighted by molar-refractivity contribution is 9.10. The number of hydrogen-bond acceptors (Lipinski definition) is 7. The van der Waals surface area contributed by atoms with Gasteiger partial charge in [0.25, 0.3) is 0 Å². The van der Waals surface area contributed by atoms with Crippen molar-refractivity contribution in [2.45, 2.75) is 27.4 Å². The van der Waals surface area contributed by atoms with Crippen LogP contribution in [-0.2, 0) is 16.1 Å². The van der Waals surface area contributed by atoms with Crippen LogP contribution in [0.1, 0.15) is 44.6 Å². The molecule has 0 spiro atoms. The second kappa shape index (κ2) is 12.0. The van der Waals surface area contributed by atoms with Gasteiger partial charge in [0.05, 0.1) is 47.8 Å². The normalized spacial score (nSPS) is 10.7. The van der Waals surface area contributed by atoms with Crippen LogP contribution in [0.4, 0.5) is 0 Å². The van der Waals surface area contributed by atoms with Gasteiger partial charge in [-0.25, -0.2) is 9.59 Å². The Kier molecular flexibility index (Phi) is 9.22. The number of nitrogens with zero attached hydrogens (tertiary/aromatic N) is 1. The van der Waals surface area contributed by atoms with E-state index in [-0.39, 0.29) is 17.7 Å². The van der Waals surface area contributed by atoms with Gasteiger partial charge in [0, 0.05) is 21.2 Å². The van der Waals surface area contributed by atoms with Crippen molar-refractivity contribution in [1.82, 2.24) is 4.98 Å². The Hall–Kier alpha value is -2.81. The molecule has 2 aromatic carbocycles. The van der Waals surface area contributed by atoms with Gasteiger partial charge in [-0.1, -0.05) is 29.3 Å². The molecule has 0 bridgehead atoms. The minimum absolute atomic E-state index is 0.0881. The average Bonchev–Trinajstić information content (AvgIpc) is 2.83. The Labute approximate surface area is 227 Å². The number of esters is 2. The number of halogens is 3. The summed E-state index contributed by atoms with van der Waals surface area (Å²) in [4.78, 5) is 29.9. The summed E-state index contributed by atoms with van der Waals surface area (Å²) in [6.45, 7) is 5.60. The summed E-state index contributed by atoms with van der Waals surface area (Å²) < 4.78 is 22.5. The van der Waals surface area contributed by atoms with Gasteiger partial charge >= 0.3 is 11.9 Å². The summed E-state index contributed by atoms with van der Waals surface area (Å²) in [7, 11) is 2.53. The molecule has 0 radical (unpaired) electrons. The van der Waals surface area contributed by atoms with E-state index in [9.17, 15) is 9.59 Å². The highest BCUT2D eigenvalue weighted by Crippen LogP contribution is 2.43. The number of hydrogen-bond donors (Lipinski definition) is 0. The minimum atomic E-state index is -0.636. The van der Waals surface area contributed by atoms with Crippen LogP contribution in [0.15, 0.2) is 34.8 Å². The van der Waals surface area contributed by atoms with Crippen LogP contribution in [0.25, 0.3) is 11.1 Å². The maximum atomic E-state index is 12.8. The van der Waals surface area contributed by atoms with Crippen molar-refractivity contribution in [3.8, 4) is 22.6 Å². The highest BCUT2D eigenvalue weighted by Gasteiger charge is 2.28. The van der Waals surface area contributed by atoms with Gasteiger partial charge in [0.2, 0.25) is 0 Å². The molecule has 0 N–H and O–H groups in total. The molecule has 0 saturated carbocycles. The number of benzene rings is 2. The lowest BCUT2D eigenvalue weighted by Gasteiger charge is -2.20. The summed E-state index contributed by atoms with van der Waals surface area (Å²) in [5.41, 5.74) is 2.56. The fraction of sp³-hybridized carbons (Fsp3) is 0.269. The maximum absolute atomic E-state index is 12.8. The Morgan fingerprint density at radius 1 is 0.944 bits per heavy atom. The smallest absolute Gasteiger partial charge is 0.340 e. The second-order valence-corrected chi connectivity index (χ2v) is 9.27. The predicted octanol–water partition coefficient (Wildman–Crippen LogP) is 6.99. The van der Waals surface area contributed by atoms with Crippen LogP contribution in [0.5, 0.6) is 11.5 Å². The van der Waals surface area contributed by atoms with E-state index in [2.05, 4.69) is 20.9 Å². The third-order valence-corrected chi connectivity index (χ3v) is 6.66. The molecule has 190 valence electrons. The SMILES string of the molecule is CCOc1cc(-c2c(C(=O)OC)c(C)nc(C)c2C(=O)OC)cc(Br)c1OCc1c(Cl)cccc1Cl. The fourth-order valence-electron chi connectivity index (χ4n) is 3.77. The maximum Gasteiger partial charge on any atom is 0.340 e. The summed E-state index contributed by atoms with van der Waals surface area (Å²) in [6.07, 6.45) is 0. The third kappa shape index (κ3) is 5.61. The van der Waals surface area contributed by atoms with E-state index in [0.717, 1.165) is 0 Å². The van der Waals surface area contributed by atoms with Crippen molar-refractivity contribution >= 4 is 51.1 Å². The predicted molar refractivity (Wildman–Crippen MR) is 141 cm³/mol. The van der Waals surface area contributed by atoms with Gasteiger partial charge in [-0.2, -0.15) is 0 Å². The van der Waals surface area contributed by atoms with Gasteiger partial charge in [0.15, 0.2) is 11.5 Å². The molecule has 0 amide bonds. The first-order chi connectivity index (χ1) is 17.1. The van der Waals surface area contributed by atoms with Crippen molar-refractivity contribution in [3.05, 3.63) is 72.9 Å². The average molecular weight is 597 g/mol. The first-order valence-electron chi connectivity index (χ1n) is 10.8. The van der Waals surface area contributed by atoms with E-state index in [1.165, 1.54) is 14.2 Å². The summed E-state index contributed by atoms with van der Waals surface area (Å²) in [5, 5.41) is 0.947. The zero-order valence-corrected chi connectivity index (χ0v) is 23.4. The van der Waals surface area contributed by atoms with Gasteiger partial charge in [-0.15, -0.1) is 0 Å². The number of rotatable bonds is 8. The van der Waals surface area contributed by atoms with Crippen LogP contribution in [-0.4, -0.2) is 37.7 Å². The fourth-order valence-corrected chi connectivity index (χ4v) is 4.84. The Morgan fingerprint density at radius 2 is 1.50 bits per heavy atom. The van der Waals surface area contributed by atoms with Gasteiger partial charge < -0.3 is 18.9 Å². The molecule has 0 aliphatic rings. The molecule has 36 heavy (non-hydrogen) atoms. The largest absolute Gasteiger partial charge is 0.490 e. The Morgan fingerprint density at radius 3 is 2.00 bits per heavy atom. The molecule has 3 aromatic rings. The second-order valence-electron chi connectivity index (χ2n) is 7.60. The topological polar surface area (TPSA) is 84.0 Å². The molecule has 0 aliphatic carbocycles. The lowest BCUT2D eigenvalue weighted by atomic mass is 9.92. The van der Waals surface area contributed by atoms with Gasteiger partial charge in [0.1, 0.15) is 6.61 Å². The molecule has 10 heteroatoms. The van der Waals surface area contributed by atoms with Crippen molar-refractivity contribution in [3.63, 3.8) is 0 Å². The number of aryl methyl sites for hydroxylation is 2. The van der Waals surface area contributed by atoms with Crippen molar-refractivity contribution in [2.75, 3.05) is 20.8 Å². The molecule has 0 aliphatic heterocycles. The van der Waals surface area contributed by atoms with Crippen LogP contribution in [0, 0.1) is 13.8 Å². The van der Waals surface area contributed by atoms with Crippen LogP contribution in [0.3, 0.4) is 0 Å². The zero-order valence-electron chi connectivity index (χ0n) is 20.3. The lowest BCUT2D eigenvalue weighted by Crippen LogP contribution is -2.16. The Bertz CT molecular complexity index is 1270. The summed E-state index contributed by atoms with van der Waals surface area (Å²) >= 11 is 16.1. The van der Waals surface area contributed by atoms with Gasteiger partial charge in [-0.05, 0) is 66.5 Å². The number of ether oxygens (including phenoxy) is 4. The monoisotopic (exact) mass is 595 g/mol. The molecule has 0 fully saturated rings. The van der Waals surface area contributed by atoms with E-state index >= 15 is 0 Å². The van der Waals surface area contributed by atoms with E-state index in [0.29, 0.717) is 60.7 Å². The molecule has 0 saturated heterocycles. The summed E-state index contributed by atoms with van der Waals surface area (Å²) in [6, 6.07) is 8.61. The van der Waals surface area contributed by atoms with Crippen molar-refractivity contribution in [2.24, 2.45) is 0 Å². The number of methoxy groups -OCH3 is 2. The van der Waals surface area contributed by atoms with Crippen LogP contribution >= 0.6 is 39.1 Å². The third-order valence-electron chi connectivity index (χ3n) is 5.36. The quantitative estimate of drug-likeness (QED) is 0.259. The molecule has 1 heterocycles. The lowest BCUT2D eigenvalue weighted by molar-refractivity contribution is 0.0599. The molecule has 7 nitrogen and oxygen atoms in total. The minimum Gasteiger partial charge on any atom is -0.490 e. The Balaban J connectivity index is 2.23. The molecular weight excluding hydrogens is 573 g/mol. The molecule has 3 rings (SSSR count). The van der Waals surface area contributed by atoms with Crippen molar-refractivity contribution < 1.29 is 28.5 Å². The van der Waals surface area contributed by atoms with E-state index in [1.54, 1.807) is 44.2 Å². The number of carbonyl (C=O) groups is 2. The standard InChI is InChI=1S/C26H24BrCl2NO6/c1-6-35-20-11-15(10-17(27)24(20)36-12-16-18(28)8-7-9-19(16)29)23-21(25(31)33-4)13(2)30-14(3)22(23)26(32)34-5/h7-11H,6,12H2,1-5H3. The number of aromatic nitrogens is 1. The molecule has 0 unspecified atom stereocenters. The molecule has 1 aromatic heterocycles. The van der Waals surface area contributed by atoms with E-state index in [1.807, 2.05) is 6.92 Å². The van der Waals surface area contributed by atoms with E-state index in [4.69, 9.17) is 42.1 Å². The zero-order chi connectivity index (χ0) is 26.6. The van der Waals surface area contributed by atoms with Crippen molar-refractivity contribution in [1.29, 1.82) is 0 Å². The van der Waals surface area contributed by atoms with Crippen LogP contribution < -0.4 is 9.47 Å². The first-order valence-corrected chi connectivity index (χ1v) is 12.4. The van der Waals surface area contributed by atoms with Gasteiger partial charge in [-0.3, -0.25) is 4.98 Å². The van der Waals surface area contributed by atoms with E-state index < -0.39 is 11.9 Å². The number of pyridine rings is 1. The summed E-state index contributed by atoms with van der Waals surface area (Å²) in [5.74, 6) is -0.493. The molecular formula is C26H24BrCl2NO6. The number of carbonyl (C=O) groups excluding carboxylic acids is 2. The van der Waals surface area contributed by atoms with Crippen LogP contribution in [0.2, 0.25) is 10.0 Å².